The predicted molar refractivity (Wildman–Crippen MR) is 133 cm³/mol. The zero-order valence-electron chi connectivity index (χ0n) is 19.4. The highest BCUT2D eigenvalue weighted by molar-refractivity contribution is 7.17. The van der Waals surface area contributed by atoms with Crippen molar-refractivity contribution >= 4 is 39.4 Å². The van der Waals surface area contributed by atoms with Crippen LogP contribution in [0.4, 0.5) is 4.79 Å². The van der Waals surface area contributed by atoms with Crippen LogP contribution in [0.15, 0.2) is 60.0 Å². The monoisotopic (exact) mass is 482 g/mol. The van der Waals surface area contributed by atoms with Crippen LogP contribution in [0.3, 0.4) is 0 Å². The van der Waals surface area contributed by atoms with Crippen molar-refractivity contribution in [2.24, 2.45) is 0 Å². The molecule has 2 atom stereocenters. The molecular weight excluding hydrogens is 452 g/mol. The van der Waals surface area contributed by atoms with E-state index in [4.69, 9.17) is 9.47 Å². The Bertz CT molecular complexity index is 1100. The highest BCUT2D eigenvalue weighted by Gasteiger charge is 2.28. The molecule has 2 aromatic carbocycles. The van der Waals surface area contributed by atoms with Gasteiger partial charge in [0.05, 0.1) is 7.11 Å². The van der Waals surface area contributed by atoms with E-state index in [1.165, 1.54) is 7.11 Å². The van der Waals surface area contributed by atoms with Crippen LogP contribution in [-0.4, -0.2) is 37.2 Å². The zero-order chi connectivity index (χ0) is 24.3. The molecule has 180 valence electrons. The Labute approximate surface area is 203 Å². The molecule has 3 rings (SSSR count). The van der Waals surface area contributed by atoms with Crippen LogP contribution < -0.4 is 10.6 Å². The van der Waals surface area contributed by atoms with Gasteiger partial charge in [-0.2, -0.15) is 0 Å². The van der Waals surface area contributed by atoms with Gasteiger partial charge in [0, 0.05) is 11.1 Å². The number of hydrogen-bond donors (Lipinski definition) is 2. The van der Waals surface area contributed by atoms with Gasteiger partial charge in [-0.1, -0.05) is 68.3 Å². The van der Waals surface area contributed by atoms with Crippen LogP contribution in [0.25, 0.3) is 10.1 Å². The summed E-state index contributed by atoms with van der Waals surface area (Å²) in [4.78, 5) is 38.0. The van der Waals surface area contributed by atoms with E-state index >= 15 is 0 Å². The minimum absolute atomic E-state index is 0.0870. The molecule has 3 aromatic rings. The normalized spacial score (nSPS) is 12.5. The van der Waals surface area contributed by atoms with Crippen LogP contribution in [0.1, 0.15) is 37.3 Å². The minimum atomic E-state index is -0.921. The summed E-state index contributed by atoms with van der Waals surface area (Å²) in [6.45, 7) is 2.09. The summed E-state index contributed by atoms with van der Waals surface area (Å²) in [6, 6.07) is 15.5. The molecule has 0 aliphatic carbocycles. The Morgan fingerprint density at radius 1 is 0.971 bits per heavy atom. The fourth-order valence-electron chi connectivity index (χ4n) is 3.60. The second kappa shape index (κ2) is 12.7. The van der Waals surface area contributed by atoms with E-state index in [0.29, 0.717) is 6.42 Å². The first-order valence-electron chi connectivity index (χ1n) is 11.3. The maximum atomic E-state index is 13.2. The lowest BCUT2D eigenvalue weighted by Gasteiger charge is -2.22. The Morgan fingerprint density at radius 2 is 1.71 bits per heavy atom. The van der Waals surface area contributed by atoms with Crippen molar-refractivity contribution in [2.45, 2.75) is 51.3 Å². The van der Waals surface area contributed by atoms with Gasteiger partial charge < -0.3 is 20.1 Å². The summed E-state index contributed by atoms with van der Waals surface area (Å²) in [7, 11) is 1.29. The fraction of sp³-hybridized carbons (Fsp3) is 0.346. The van der Waals surface area contributed by atoms with Crippen LogP contribution in [-0.2, 0) is 32.1 Å². The van der Waals surface area contributed by atoms with E-state index < -0.39 is 30.1 Å². The van der Waals surface area contributed by atoms with Gasteiger partial charge in [-0.3, -0.25) is 4.79 Å². The van der Waals surface area contributed by atoms with E-state index in [-0.39, 0.29) is 13.0 Å². The average Bonchev–Trinajstić information content (AvgIpc) is 3.27. The third kappa shape index (κ3) is 7.05. The van der Waals surface area contributed by atoms with Crippen molar-refractivity contribution in [1.82, 2.24) is 10.6 Å². The fourth-order valence-corrected chi connectivity index (χ4v) is 4.57. The first kappa shape index (κ1) is 25.2. The molecule has 0 aliphatic rings. The van der Waals surface area contributed by atoms with Crippen LogP contribution in [0.2, 0.25) is 0 Å². The van der Waals surface area contributed by atoms with E-state index in [2.05, 4.69) is 10.6 Å². The van der Waals surface area contributed by atoms with E-state index in [9.17, 15) is 14.4 Å². The standard InChI is InChI=1S/C26H30N2O5S/c1-3-4-13-21(25(30)32-2)27-24(29)22(15-19-17-34-23-14-9-8-12-20(19)23)28-26(31)33-16-18-10-6-5-7-11-18/h5-12,14,17,21-22H,3-4,13,15-16H2,1-2H3,(H,27,29)(H,28,31). The second-order valence-corrected chi connectivity index (χ2v) is 8.86. The molecule has 0 aliphatic heterocycles. The lowest BCUT2D eigenvalue weighted by atomic mass is 10.0. The topological polar surface area (TPSA) is 93.7 Å². The lowest BCUT2D eigenvalue weighted by molar-refractivity contribution is -0.145. The Kier molecular flexibility index (Phi) is 9.46. The number of carbonyl (C=O) groups excluding carboxylic acids is 3. The zero-order valence-corrected chi connectivity index (χ0v) is 20.2. The SMILES string of the molecule is CCCCC(NC(=O)C(Cc1csc2ccccc12)NC(=O)OCc1ccccc1)C(=O)OC. The molecule has 0 saturated carbocycles. The number of fused-ring (bicyclic) bond motifs is 1. The van der Waals surface area contributed by atoms with Gasteiger partial charge in [0.15, 0.2) is 0 Å². The average molecular weight is 483 g/mol. The summed E-state index contributed by atoms with van der Waals surface area (Å²) in [5.74, 6) is -0.966. The number of esters is 1. The van der Waals surface area contributed by atoms with Crippen molar-refractivity contribution in [3.8, 4) is 0 Å². The molecule has 2 N–H and O–H groups in total. The van der Waals surface area contributed by atoms with Gasteiger partial charge >= 0.3 is 12.1 Å². The molecule has 2 amide bonds. The molecule has 1 heterocycles. The Morgan fingerprint density at radius 3 is 2.44 bits per heavy atom. The maximum Gasteiger partial charge on any atom is 0.408 e. The molecule has 1 aromatic heterocycles. The molecule has 34 heavy (non-hydrogen) atoms. The van der Waals surface area contributed by atoms with Crippen molar-refractivity contribution in [3.63, 3.8) is 0 Å². The summed E-state index contributed by atoms with van der Waals surface area (Å²) >= 11 is 1.58. The summed E-state index contributed by atoms with van der Waals surface area (Å²) < 4.78 is 11.3. The molecule has 2 unspecified atom stereocenters. The second-order valence-electron chi connectivity index (χ2n) is 7.95. The van der Waals surface area contributed by atoms with Crippen LogP contribution >= 0.6 is 11.3 Å². The number of nitrogens with one attached hydrogen (secondary N) is 2. The first-order chi connectivity index (χ1) is 16.5. The number of thiophene rings is 1. The van der Waals surface area contributed by atoms with Gasteiger partial charge in [-0.15, -0.1) is 11.3 Å². The molecule has 0 spiro atoms. The molecule has 0 radical (unpaired) electrons. The molecular formula is C26H30N2O5S. The summed E-state index contributed by atoms with van der Waals surface area (Å²) in [6.07, 6.45) is 1.65. The van der Waals surface area contributed by atoms with Gasteiger partial charge in [-0.25, -0.2) is 9.59 Å². The minimum Gasteiger partial charge on any atom is -0.467 e. The molecule has 0 saturated heterocycles. The smallest absolute Gasteiger partial charge is 0.408 e. The number of alkyl carbamates (subject to hydrolysis) is 1. The Balaban J connectivity index is 1.75. The van der Waals surface area contributed by atoms with Crippen molar-refractivity contribution in [3.05, 3.63) is 71.1 Å². The number of unbranched alkanes of at least 4 members (excludes halogenated alkanes) is 1. The highest BCUT2D eigenvalue weighted by atomic mass is 32.1. The molecule has 0 fully saturated rings. The van der Waals surface area contributed by atoms with E-state index in [0.717, 1.165) is 34.1 Å². The number of rotatable bonds is 11. The summed E-state index contributed by atoms with van der Waals surface area (Å²) in [5, 5.41) is 8.46. The maximum absolute atomic E-state index is 13.2. The highest BCUT2D eigenvalue weighted by Crippen LogP contribution is 2.26. The number of benzene rings is 2. The van der Waals surface area contributed by atoms with Gasteiger partial charge in [0.2, 0.25) is 5.91 Å². The van der Waals surface area contributed by atoms with Crippen molar-refractivity contribution < 1.29 is 23.9 Å². The van der Waals surface area contributed by atoms with Crippen molar-refractivity contribution in [2.75, 3.05) is 7.11 Å². The third-order valence-corrected chi connectivity index (χ3v) is 6.47. The third-order valence-electron chi connectivity index (χ3n) is 5.46. The largest absolute Gasteiger partial charge is 0.467 e. The van der Waals surface area contributed by atoms with E-state index in [1.807, 2.05) is 66.9 Å². The van der Waals surface area contributed by atoms with Crippen molar-refractivity contribution in [1.29, 1.82) is 0 Å². The van der Waals surface area contributed by atoms with Gasteiger partial charge in [-0.05, 0) is 34.4 Å². The number of methoxy groups -OCH3 is 1. The number of carbonyl (C=O) groups is 3. The molecule has 7 nitrogen and oxygen atoms in total. The molecule has 8 heteroatoms. The van der Waals surface area contributed by atoms with Gasteiger partial charge in [0.25, 0.3) is 0 Å². The lowest BCUT2D eigenvalue weighted by Crippen LogP contribution is -2.52. The Hall–Kier alpha value is -3.39. The molecule has 0 bridgehead atoms. The van der Waals surface area contributed by atoms with Crippen LogP contribution in [0, 0.1) is 0 Å². The predicted octanol–water partition coefficient (Wildman–Crippen LogP) is 4.59. The number of ether oxygens (including phenoxy) is 2. The van der Waals surface area contributed by atoms with E-state index in [1.54, 1.807) is 11.3 Å². The van der Waals surface area contributed by atoms with Gasteiger partial charge in [0.1, 0.15) is 18.7 Å². The summed E-state index contributed by atoms with van der Waals surface area (Å²) in [5.41, 5.74) is 1.78. The van der Waals surface area contributed by atoms with Crippen LogP contribution in [0.5, 0.6) is 0 Å². The number of hydrogen-bond acceptors (Lipinski definition) is 6. The number of amides is 2. The first-order valence-corrected chi connectivity index (χ1v) is 12.2. The quantitative estimate of drug-likeness (QED) is 0.390.